The lowest BCUT2D eigenvalue weighted by atomic mass is 10.1. The second-order valence-electron chi connectivity index (χ2n) is 5.26. The molecule has 20 heavy (non-hydrogen) atoms. The topological polar surface area (TPSA) is 64.8 Å². The predicted octanol–water partition coefficient (Wildman–Crippen LogP) is 3.23. The summed E-state index contributed by atoms with van der Waals surface area (Å²) < 4.78 is 25.9. The van der Waals surface area contributed by atoms with Gasteiger partial charge in [-0.1, -0.05) is 12.1 Å². The van der Waals surface area contributed by atoms with E-state index in [0.717, 1.165) is 9.13 Å². The summed E-state index contributed by atoms with van der Waals surface area (Å²) in [4.78, 5) is 0. The van der Waals surface area contributed by atoms with Gasteiger partial charge in [-0.15, -0.1) is 10.2 Å². The molecule has 8 heteroatoms. The van der Waals surface area contributed by atoms with E-state index in [1.807, 2.05) is 45.0 Å². The minimum Gasteiger partial charge on any atom is -0.291 e. The van der Waals surface area contributed by atoms with Crippen LogP contribution in [0.3, 0.4) is 0 Å². The molecule has 2 aromatic rings. The molecule has 0 amide bonds. The predicted molar refractivity (Wildman–Crippen MR) is 86.2 cm³/mol. The van der Waals surface area contributed by atoms with Gasteiger partial charge in [-0.05, 0) is 55.5 Å². The molecule has 0 atom stereocenters. The molecule has 0 aliphatic carbocycles. The monoisotopic (exact) mass is 425 g/mol. The quantitative estimate of drug-likeness (QED) is 0.547. The number of hydrogen-bond donors (Lipinski definition) is 0. The first-order valence-electron chi connectivity index (χ1n) is 5.77. The summed E-state index contributed by atoms with van der Waals surface area (Å²) >= 11 is 2.20. The SMILES string of the molecule is CC(C)(C)n1c(-c2ccc(I)cc2)nnc1S(=O)(=O)Cl. The third-order valence-electron chi connectivity index (χ3n) is 2.62. The molecular weight excluding hydrogens is 413 g/mol. The Morgan fingerprint density at radius 2 is 1.70 bits per heavy atom. The highest BCUT2D eigenvalue weighted by molar-refractivity contribution is 14.1. The van der Waals surface area contributed by atoms with Gasteiger partial charge in [-0.2, -0.15) is 0 Å². The highest BCUT2D eigenvalue weighted by Gasteiger charge is 2.30. The Morgan fingerprint density at radius 3 is 2.15 bits per heavy atom. The fourth-order valence-electron chi connectivity index (χ4n) is 1.82. The molecule has 0 aliphatic heterocycles. The minimum atomic E-state index is -3.95. The van der Waals surface area contributed by atoms with Crippen LogP contribution in [0.15, 0.2) is 29.4 Å². The van der Waals surface area contributed by atoms with E-state index in [1.165, 1.54) is 4.57 Å². The van der Waals surface area contributed by atoms with Gasteiger partial charge in [0.05, 0.1) is 0 Å². The van der Waals surface area contributed by atoms with Crippen LogP contribution in [-0.2, 0) is 14.6 Å². The second-order valence-corrected chi connectivity index (χ2v) is 8.96. The minimum absolute atomic E-state index is 0.236. The van der Waals surface area contributed by atoms with E-state index in [1.54, 1.807) is 0 Å². The molecular formula is C12H13ClIN3O2S. The van der Waals surface area contributed by atoms with Gasteiger partial charge in [0.1, 0.15) is 0 Å². The smallest absolute Gasteiger partial charge is 0.291 e. The summed E-state index contributed by atoms with van der Waals surface area (Å²) in [5, 5.41) is 7.50. The van der Waals surface area contributed by atoms with Crippen molar-refractivity contribution in [2.24, 2.45) is 0 Å². The molecule has 0 N–H and O–H groups in total. The fraction of sp³-hybridized carbons (Fsp3) is 0.333. The van der Waals surface area contributed by atoms with Crippen LogP contribution >= 0.6 is 33.3 Å². The van der Waals surface area contributed by atoms with Crippen molar-refractivity contribution in [1.82, 2.24) is 14.8 Å². The van der Waals surface area contributed by atoms with Crippen LogP contribution in [-0.4, -0.2) is 23.2 Å². The largest absolute Gasteiger partial charge is 0.296 e. The Kier molecular flexibility index (Phi) is 4.14. The van der Waals surface area contributed by atoms with Crippen molar-refractivity contribution in [3.8, 4) is 11.4 Å². The van der Waals surface area contributed by atoms with Crippen molar-refractivity contribution < 1.29 is 8.42 Å². The highest BCUT2D eigenvalue weighted by Crippen LogP contribution is 2.29. The Bertz CT molecular complexity index is 733. The highest BCUT2D eigenvalue weighted by atomic mass is 127. The average Bonchev–Trinajstić information content (AvgIpc) is 2.73. The summed E-state index contributed by atoms with van der Waals surface area (Å²) in [6.07, 6.45) is 0. The van der Waals surface area contributed by atoms with E-state index in [2.05, 4.69) is 32.8 Å². The summed E-state index contributed by atoms with van der Waals surface area (Å²) in [6.45, 7) is 5.62. The van der Waals surface area contributed by atoms with Gasteiger partial charge in [-0.3, -0.25) is 4.57 Å². The van der Waals surface area contributed by atoms with Crippen LogP contribution < -0.4 is 0 Å². The molecule has 0 unspecified atom stereocenters. The summed E-state index contributed by atoms with van der Waals surface area (Å²) in [5.74, 6) is 0.480. The van der Waals surface area contributed by atoms with Gasteiger partial charge in [-0.25, -0.2) is 8.42 Å². The number of nitrogens with zero attached hydrogens (tertiary/aromatic N) is 3. The van der Waals surface area contributed by atoms with Crippen molar-refractivity contribution in [2.45, 2.75) is 31.5 Å². The van der Waals surface area contributed by atoms with Crippen LogP contribution in [0.1, 0.15) is 20.8 Å². The van der Waals surface area contributed by atoms with Crippen LogP contribution in [0.25, 0.3) is 11.4 Å². The van der Waals surface area contributed by atoms with E-state index in [-0.39, 0.29) is 5.16 Å². The lowest BCUT2D eigenvalue weighted by molar-refractivity contribution is 0.367. The van der Waals surface area contributed by atoms with Crippen molar-refractivity contribution >= 4 is 42.3 Å². The molecule has 1 heterocycles. The number of aromatic nitrogens is 3. The van der Waals surface area contributed by atoms with Crippen LogP contribution in [0.4, 0.5) is 0 Å². The van der Waals surface area contributed by atoms with E-state index >= 15 is 0 Å². The summed E-state index contributed by atoms with van der Waals surface area (Å²) in [6, 6.07) is 7.59. The molecule has 2 rings (SSSR count). The zero-order valence-electron chi connectivity index (χ0n) is 11.1. The lowest BCUT2D eigenvalue weighted by Crippen LogP contribution is -2.25. The van der Waals surface area contributed by atoms with E-state index in [4.69, 9.17) is 10.7 Å². The van der Waals surface area contributed by atoms with Crippen molar-refractivity contribution in [3.63, 3.8) is 0 Å². The summed E-state index contributed by atoms with van der Waals surface area (Å²) in [7, 11) is 1.49. The maximum Gasteiger partial charge on any atom is 0.296 e. The van der Waals surface area contributed by atoms with Crippen LogP contribution in [0.2, 0.25) is 0 Å². The van der Waals surface area contributed by atoms with Crippen molar-refractivity contribution in [3.05, 3.63) is 27.8 Å². The number of hydrogen-bond acceptors (Lipinski definition) is 4. The first-order valence-corrected chi connectivity index (χ1v) is 9.16. The Labute approximate surface area is 135 Å². The van der Waals surface area contributed by atoms with Crippen LogP contribution in [0, 0.1) is 3.57 Å². The van der Waals surface area contributed by atoms with E-state index in [0.29, 0.717) is 5.82 Å². The average molecular weight is 426 g/mol. The number of halogens is 2. The first-order chi connectivity index (χ1) is 9.10. The van der Waals surface area contributed by atoms with Gasteiger partial charge in [0.2, 0.25) is 0 Å². The Morgan fingerprint density at radius 1 is 1.15 bits per heavy atom. The lowest BCUT2D eigenvalue weighted by Gasteiger charge is -2.24. The van der Waals surface area contributed by atoms with Crippen LogP contribution in [0.5, 0.6) is 0 Å². The Hall–Kier alpha value is -0.670. The maximum absolute atomic E-state index is 11.6. The third-order valence-corrected chi connectivity index (χ3v) is 4.46. The zero-order valence-corrected chi connectivity index (χ0v) is 14.9. The van der Waals surface area contributed by atoms with Gasteiger partial charge < -0.3 is 0 Å². The molecule has 1 aromatic heterocycles. The molecule has 5 nitrogen and oxygen atoms in total. The van der Waals surface area contributed by atoms with Crippen molar-refractivity contribution in [1.29, 1.82) is 0 Å². The molecule has 0 fully saturated rings. The standard InChI is InChI=1S/C12H13ClIN3O2S/c1-12(2,3)17-10(8-4-6-9(14)7-5-8)15-16-11(17)20(13,18)19/h4-7H,1-3H3. The Balaban J connectivity index is 2.72. The van der Waals surface area contributed by atoms with Gasteiger partial charge in [0.15, 0.2) is 5.82 Å². The van der Waals surface area contributed by atoms with Crippen molar-refractivity contribution in [2.75, 3.05) is 0 Å². The molecule has 1 aromatic carbocycles. The molecule has 0 radical (unpaired) electrons. The maximum atomic E-state index is 11.6. The van der Waals surface area contributed by atoms with E-state index < -0.39 is 14.6 Å². The second kappa shape index (κ2) is 5.27. The third kappa shape index (κ3) is 3.15. The molecule has 0 saturated carbocycles. The normalized spacial score (nSPS) is 12.7. The van der Waals surface area contributed by atoms with E-state index in [9.17, 15) is 8.42 Å². The number of rotatable bonds is 2. The fourth-order valence-corrected chi connectivity index (χ4v) is 3.19. The molecule has 0 aliphatic rings. The number of benzene rings is 1. The zero-order chi connectivity index (χ0) is 15.1. The summed E-state index contributed by atoms with van der Waals surface area (Å²) in [5.41, 5.74) is 0.276. The molecule has 0 saturated heterocycles. The molecule has 108 valence electrons. The molecule has 0 spiro atoms. The van der Waals surface area contributed by atoms with Gasteiger partial charge in [0.25, 0.3) is 14.2 Å². The first kappa shape index (κ1) is 15.7. The van der Waals surface area contributed by atoms with Gasteiger partial charge in [0, 0.05) is 25.4 Å². The van der Waals surface area contributed by atoms with Gasteiger partial charge >= 0.3 is 0 Å². The molecule has 0 bridgehead atoms.